The van der Waals surface area contributed by atoms with E-state index in [1.165, 1.54) is 25.7 Å². The molecule has 3 nitrogen and oxygen atoms in total. The van der Waals surface area contributed by atoms with Crippen LogP contribution in [-0.4, -0.2) is 21.9 Å². The van der Waals surface area contributed by atoms with Crippen molar-refractivity contribution in [3.8, 4) is 11.5 Å². The third-order valence-corrected chi connectivity index (χ3v) is 7.02. The maximum atomic E-state index is 10.9. The second kappa shape index (κ2) is 7.66. The first-order valence-corrected chi connectivity index (χ1v) is 10.9. The van der Waals surface area contributed by atoms with Crippen molar-refractivity contribution in [1.82, 2.24) is 0 Å². The van der Waals surface area contributed by atoms with E-state index in [0.29, 0.717) is 11.7 Å². The third kappa shape index (κ3) is 4.13. The van der Waals surface area contributed by atoms with Gasteiger partial charge in [-0.05, 0) is 62.6 Å². The number of hydrogen-bond donors (Lipinski definition) is 2. The molecule has 1 aliphatic carbocycles. The molecule has 1 saturated carbocycles. The second-order valence-corrected chi connectivity index (χ2v) is 9.99. The smallest absolute Gasteiger partial charge is 0.127 e. The van der Waals surface area contributed by atoms with Crippen molar-refractivity contribution in [3.05, 3.63) is 23.3 Å². The maximum absolute atomic E-state index is 10.9. The monoisotopic (exact) mass is 374 g/mol. The lowest BCUT2D eigenvalue weighted by Crippen LogP contribution is -2.47. The zero-order valence-corrected chi connectivity index (χ0v) is 17.8. The first-order valence-electron chi connectivity index (χ1n) is 10.9. The van der Waals surface area contributed by atoms with Crippen LogP contribution in [0.3, 0.4) is 0 Å². The lowest BCUT2D eigenvalue weighted by atomic mass is 9.65. The first-order chi connectivity index (χ1) is 12.7. The lowest BCUT2D eigenvalue weighted by Gasteiger charge is -2.48. The number of aliphatic hydroxyl groups excluding tert-OH is 1. The van der Waals surface area contributed by atoms with E-state index >= 15 is 0 Å². The minimum Gasteiger partial charge on any atom is -0.508 e. The van der Waals surface area contributed by atoms with Crippen molar-refractivity contribution >= 4 is 0 Å². The Morgan fingerprint density at radius 1 is 1.15 bits per heavy atom. The number of aliphatic hydroxyl groups is 1. The number of phenols is 1. The third-order valence-electron chi connectivity index (χ3n) is 7.02. The summed E-state index contributed by atoms with van der Waals surface area (Å²) in [4.78, 5) is 0. The highest BCUT2D eigenvalue weighted by molar-refractivity contribution is 5.53. The van der Waals surface area contributed by atoms with Crippen LogP contribution in [0.4, 0.5) is 0 Å². The predicted molar refractivity (Wildman–Crippen MR) is 111 cm³/mol. The summed E-state index contributed by atoms with van der Waals surface area (Å²) in [5.41, 5.74) is 1.81. The van der Waals surface area contributed by atoms with Crippen molar-refractivity contribution < 1.29 is 14.9 Å². The van der Waals surface area contributed by atoms with E-state index in [9.17, 15) is 10.2 Å². The number of unbranched alkanes of at least 4 members (excludes halogenated alkanes) is 3. The summed E-state index contributed by atoms with van der Waals surface area (Å²) in [5.74, 6) is 1.69. The molecular formula is C24H38O3. The fourth-order valence-electron chi connectivity index (χ4n) is 5.26. The van der Waals surface area contributed by atoms with Crippen molar-refractivity contribution in [2.45, 2.75) is 109 Å². The Labute approximate surface area is 165 Å². The van der Waals surface area contributed by atoms with Gasteiger partial charge < -0.3 is 14.9 Å². The van der Waals surface area contributed by atoms with E-state index in [4.69, 9.17) is 4.74 Å². The predicted octanol–water partition coefficient (Wildman–Crippen LogP) is 6.06. The highest BCUT2D eigenvalue weighted by atomic mass is 16.5. The normalized spacial score (nSPS) is 26.8. The van der Waals surface area contributed by atoms with Crippen LogP contribution in [0, 0.1) is 5.92 Å². The van der Waals surface area contributed by atoms with Crippen molar-refractivity contribution in [3.63, 3.8) is 0 Å². The average Bonchev–Trinajstić information content (AvgIpc) is 2.57. The van der Waals surface area contributed by atoms with Crippen molar-refractivity contribution in [1.29, 1.82) is 0 Å². The van der Waals surface area contributed by atoms with Crippen LogP contribution in [0.2, 0.25) is 0 Å². The van der Waals surface area contributed by atoms with Crippen LogP contribution in [-0.2, 0) is 5.41 Å². The fraction of sp³-hybridized carbons (Fsp3) is 0.750. The van der Waals surface area contributed by atoms with Crippen molar-refractivity contribution in [2.75, 3.05) is 0 Å². The molecule has 1 aromatic rings. The number of rotatable bonds is 6. The number of ether oxygens (including phenoxy) is 1. The van der Waals surface area contributed by atoms with Gasteiger partial charge in [0.25, 0.3) is 0 Å². The van der Waals surface area contributed by atoms with Crippen LogP contribution in [0.5, 0.6) is 11.5 Å². The topological polar surface area (TPSA) is 49.7 Å². The molecule has 3 heteroatoms. The van der Waals surface area contributed by atoms with Crippen molar-refractivity contribution in [2.24, 2.45) is 5.92 Å². The molecule has 1 aromatic carbocycles. The molecule has 1 fully saturated rings. The van der Waals surface area contributed by atoms with E-state index in [1.54, 1.807) is 0 Å². The van der Waals surface area contributed by atoms with Gasteiger partial charge in [0.05, 0.1) is 6.10 Å². The Bertz CT molecular complexity index is 662. The highest BCUT2D eigenvalue weighted by Gasteiger charge is 2.47. The molecule has 0 amide bonds. The molecule has 152 valence electrons. The number of fused-ring (bicyclic) bond motifs is 3. The summed E-state index contributed by atoms with van der Waals surface area (Å²) < 4.78 is 6.44. The van der Waals surface area contributed by atoms with Gasteiger partial charge in [-0.25, -0.2) is 0 Å². The van der Waals surface area contributed by atoms with Crippen LogP contribution in [0.15, 0.2) is 12.1 Å². The minimum absolute atomic E-state index is 0.0106. The quantitative estimate of drug-likeness (QED) is 0.595. The fourth-order valence-corrected chi connectivity index (χ4v) is 5.26. The van der Waals surface area contributed by atoms with Crippen LogP contribution >= 0.6 is 0 Å². The Kier molecular flexibility index (Phi) is 5.82. The molecule has 27 heavy (non-hydrogen) atoms. The number of phenolic OH excluding ortho intramolecular Hbond substituents is 1. The van der Waals surface area contributed by atoms with E-state index in [2.05, 4.69) is 40.7 Å². The van der Waals surface area contributed by atoms with E-state index < -0.39 is 0 Å². The zero-order chi connectivity index (χ0) is 19.8. The second-order valence-electron chi connectivity index (χ2n) is 9.99. The molecule has 1 heterocycles. The Morgan fingerprint density at radius 2 is 1.89 bits per heavy atom. The summed E-state index contributed by atoms with van der Waals surface area (Å²) in [6.45, 7) is 11.1. The molecule has 2 N–H and O–H groups in total. The van der Waals surface area contributed by atoms with Gasteiger partial charge in [0, 0.05) is 17.4 Å². The molecule has 0 aromatic heterocycles. The van der Waals surface area contributed by atoms with Crippen LogP contribution in [0.1, 0.15) is 103 Å². The summed E-state index contributed by atoms with van der Waals surface area (Å²) in [5, 5.41) is 21.2. The van der Waals surface area contributed by atoms with E-state index in [1.807, 2.05) is 6.07 Å². The van der Waals surface area contributed by atoms with E-state index in [0.717, 1.165) is 42.6 Å². The molecular weight excluding hydrogens is 336 g/mol. The molecule has 1 aliphatic heterocycles. The molecule has 0 spiro atoms. The standard InChI is InChI=1S/C24H38O3/c1-6-7-8-9-12-23(2,3)16-13-20(26)22-18-15-17(25)10-11-19(18)24(4,5)27-21(22)14-16/h13-14,17-19,25-26H,6-12,15H2,1-5H3/t17-,18-,19-/m1/s1. The minimum atomic E-state index is -0.276. The molecule has 3 rings (SSSR count). The lowest BCUT2D eigenvalue weighted by molar-refractivity contribution is -0.0318. The summed E-state index contributed by atoms with van der Waals surface area (Å²) >= 11 is 0. The van der Waals surface area contributed by atoms with Gasteiger partial charge >= 0.3 is 0 Å². The Morgan fingerprint density at radius 3 is 2.59 bits per heavy atom. The SMILES string of the molecule is CCCCCCC(C)(C)c1cc(O)c2c(c1)OC(C)(C)[C@@H]1CC[C@@H](O)C[C@@H]21. The number of aromatic hydroxyl groups is 1. The van der Waals surface area contributed by atoms with Gasteiger partial charge in [-0.2, -0.15) is 0 Å². The van der Waals surface area contributed by atoms with Gasteiger partial charge in [0.1, 0.15) is 17.1 Å². The number of hydrogen-bond acceptors (Lipinski definition) is 3. The average molecular weight is 375 g/mol. The summed E-state index contributed by atoms with van der Waals surface area (Å²) in [6, 6.07) is 4.12. The van der Waals surface area contributed by atoms with Gasteiger partial charge in [0.2, 0.25) is 0 Å². The summed E-state index contributed by atoms with van der Waals surface area (Å²) in [6.07, 6.45) is 8.34. The number of benzene rings is 1. The zero-order valence-electron chi connectivity index (χ0n) is 17.8. The molecule has 0 unspecified atom stereocenters. The van der Waals surface area contributed by atoms with Gasteiger partial charge in [-0.3, -0.25) is 0 Å². The Hall–Kier alpha value is -1.22. The van der Waals surface area contributed by atoms with E-state index in [-0.39, 0.29) is 23.0 Å². The maximum Gasteiger partial charge on any atom is 0.127 e. The summed E-state index contributed by atoms with van der Waals surface area (Å²) in [7, 11) is 0. The molecule has 0 radical (unpaired) electrons. The molecule has 0 saturated heterocycles. The molecule has 2 aliphatic rings. The first kappa shape index (κ1) is 20.5. The van der Waals surface area contributed by atoms with Gasteiger partial charge in [0.15, 0.2) is 0 Å². The van der Waals surface area contributed by atoms with Crippen LogP contribution in [0.25, 0.3) is 0 Å². The largest absolute Gasteiger partial charge is 0.508 e. The highest BCUT2D eigenvalue weighted by Crippen LogP contribution is 2.55. The molecule has 0 bridgehead atoms. The van der Waals surface area contributed by atoms with Gasteiger partial charge in [-0.15, -0.1) is 0 Å². The Balaban J connectivity index is 1.91. The molecule has 3 atom stereocenters. The van der Waals surface area contributed by atoms with Gasteiger partial charge in [-0.1, -0.05) is 46.5 Å². The van der Waals surface area contributed by atoms with Crippen LogP contribution < -0.4 is 4.74 Å².